The molecule has 2 aromatic heterocycles. The van der Waals surface area contributed by atoms with E-state index >= 15 is 0 Å². The molecule has 4 rings (SSSR count). The third-order valence-corrected chi connectivity index (χ3v) is 4.43. The Labute approximate surface area is 164 Å². The molecule has 1 fully saturated rings. The Kier molecular flexibility index (Phi) is 6.75. The maximum absolute atomic E-state index is 5.40. The van der Waals surface area contributed by atoms with Crippen molar-refractivity contribution in [1.29, 1.82) is 0 Å². The van der Waals surface area contributed by atoms with E-state index in [0.717, 1.165) is 50.8 Å². The number of morpholine rings is 1. The number of aromatic nitrogens is 4. The Bertz CT molecular complexity index is 801. The van der Waals surface area contributed by atoms with Gasteiger partial charge in [-0.15, -0.1) is 12.4 Å². The van der Waals surface area contributed by atoms with E-state index in [0.29, 0.717) is 0 Å². The predicted octanol–water partition coefficient (Wildman–Crippen LogP) is 2.21. The molecular formula is C19H23ClN6O. The van der Waals surface area contributed by atoms with E-state index in [9.17, 15) is 0 Å². The molecule has 142 valence electrons. The molecule has 3 heterocycles. The number of nitrogens with one attached hydrogen (secondary N) is 1. The first-order valence-electron chi connectivity index (χ1n) is 8.81. The molecule has 1 saturated heterocycles. The first-order chi connectivity index (χ1) is 12.9. The van der Waals surface area contributed by atoms with Gasteiger partial charge in [0.2, 0.25) is 0 Å². The fraction of sp³-hybridized carbons (Fsp3) is 0.316. The summed E-state index contributed by atoms with van der Waals surface area (Å²) < 4.78 is 7.05. The molecule has 0 unspecified atom stereocenters. The summed E-state index contributed by atoms with van der Waals surface area (Å²) in [6.45, 7) is 5.16. The standard InChI is InChI=1S/C19H22N6O.ClH/c1-4-18(24-7-9-26-10-8-24)5-2-16(1)11-20-12-17-3-6-19(22-13-17)25-15-21-14-23-25;/h1-6,13-15,20H,7-12H2;1H. The highest BCUT2D eigenvalue weighted by Crippen LogP contribution is 2.16. The van der Waals surface area contributed by atoms with Gasteiger partial charge in [-0.05, 0) is 29.3 Å². The third kappa shape index (κ3) is 5.03. The topological polar surface area (TPSA) is 68.1 Å². The third-order valence-electron chi connectivity index (χ3n) is 4.43. The lowest BCUT2D eigenvalue weighted by atomic mass is 10.2. The summed E-state index contributed by atoms with van der Waals surface area (Å²) in [6.07, 6.45) is 5.01. The van der Waals surface area contributed by atoms with Crippen molar-refractivity contribution in [2.45, 2.75) is 13.1 Å². The smallest absolute Gasteiger partial charge is 0.155 e. The lowest BCUT2D eigenvalue weighted by molar-refractivity contribution is 0.122. The van der Waals surface area contributed by atoms with Gasteiger partial charge in [-0.3, -0.25) is 0 Å². The summed E-state index contributed by atoms with van der Waals surface area (Å²) in [4.78, 5) is 10.7. The average molecular weight is 387 g/mol. The minimum absolute atomic E-state index is 0. The molecular weight excluding hydrogens is 364 g/mol. The summed E-state index contributed by atoms with van der Waals surface area (Å²) in [5.41, 5.74) is 3.68. The van der Waals surface area contributed by atoms with Crippen molar-refractivity contribution in [1.82, 2.24) is 25.1 Å². The Morgan fingerprint density at radius 1 is 0.963 bits per heavy atom. The molecule has 0 spiro atoms. The summed E-state index contributed by atoms with van der Waals surface area (Å²) in [5, 5.41) is 7.54. The molecule has 1 aliphatic heterocycles. The number of hydrogen-bond donors (Lipinski definition) is 1. The van der Waals surface area contributed by atoms with Gasteiger partial charge in [-0.25, -0.2) is 14.6 Å². The highest BCUT2D eigenvalue weighted by Gasteiger charge is 2.10. The van der Waals surface area contributed by atoms with Crippen LogP contribution in [0.1, 0.15) is 11.1 Å². The highest BCUT2D eigenvalue weighted by molar-refractivity contribution is 5.85. The molecule has 1 aliphatic rings. The minimum atomic E-state index is 0. The van der Waals surface area contributed by atoms with Crippen LogP contribution in [-0.2, 0) is 17.8 Å². The van der Waals surface area contributed by atoms with Crippen LogP contribution in [0.3, 0.4) is 0 Å². The summed E-state index contributed by atoms with van der Waals surface area (Å²) >= 11 is 0. The van der Waals surface area contributed by atoms with E-state index in [1.165, 1.54) is 17.6 Å². The molecule has 1 N–H and O–H groups in total. The van der Waals surface area contributed by atoms with Crippen molar-refractivity contribution in [3.63, 3.8) is 0 Å². The van der Waals surface area contributed by atoms with E-state index < -0.39 is 0 Å². The zero-order valence-corrected chi connectivity index (χ0v) is 15.8. The van der Waals surface area contributed by atoms with Crippen LogP contribution in [0.5, 0.6) is 0 Å². The number of halogens is 1. The minimum Gasteiger partial charge on any atom is -0.378 e. The van der Waals surface area contributed by atoms with Crippen molar-refractivity contribution >= 4 is 18.1 Å². The van der Waals surface area contributed by atoms with Crippen molar-refractivity contribution in [2.75, 3.05) is 31.2 Å². The Balaban J connectivity index is 0.00000210. The van der Waals surface area contributed by atoms with Crippen LogP contribution in [0, 0.1) is 0 Å². The molecule has 0 aliphatic carbocycles. The molecule has 7 nitrogen and oxygen atoms in total. The van der Waals surface area contributed by atoms with E-state index in [1.54, 1.807) is 11.0 Å². The van der Waals surface area contributed by atoms with Crippen LogP contribution in [0.4, 0.5) is 5.69 Å². The molecule has 8 heteroatoms. The quantitative estimate of drug-likeness (QED) is 0.700. The molecule has 3 aromatic rings. The fourth-order valence-electron chi connectivity index (χ4n) is 2.98. The van der Waals surface area contributed by atoms with E-state index in [2.05, 4.69) is 55.6 Å². The van der Waals surface area contributed by atoms with E-state index in [1.807, 2.05) is 12.3 Å². The van der Waals surface area contributed by atoms with Gasteiger partial charge < -0.3 is 15.0 Å². The molecule has 0 radical (unpaired) electrons. The van der Waals surface area contributed by atoms with Crippen LogP contribution < -0.4 is 10.2 Å². The van der Waals surface area contributed by atoms with Gasteiger partial charge in [0.1, 0.15) is 12.7 Å². The second-order valence-electron chi connectivity index (χ2n) is 6.23. The summed E-state index contributed by atoms with van der Waals surface area (Å²) in [5.74, 6) is 0.768. The predicted molar refractivity (Wildman–Crippen MR) is 106 cm³/mol. The summed E-state index contributed by atoms with van der Waals surface area (Å²) in [6, 6.07) is 12.8. The van der Waals surface area contributed by atoms with Gasteiger partial charge >= 0.3 is 0 Å². The lowest BCUT2D eigenvalue weighted by Crippen LogP contribution is -2.36. The maximum atomic E-state index is 5.40. The van der Waals surface area contributed by atoms with Gasteiger partial charge in [0.25, 0.3) is 0 Å². The Hall–Kier alpha value is -2.48. The van der Waals surface area contributed by atoms with Crippen LogP contribution in [0.2, 0.25) is 0 Å². The number of rotatable bonds is 6. The van der Waals surface area contributed by atoms with Crippen LogP contribution in [-0.4, -0.2) is 46.1 Å². The number of benzene rings is 1. The van der Waals surface area contributed by atoms with Gasteiger partial charge in [-0.1, -0.05) is 18.2 Å². The number of anilines is 1. The van der Waals surface area contributed by atoms with Crippen LogP contribution in [0.15, 0.2) is 55.2 Å². The monoisotopic (exact) mass is 386 g/mol. The van der Waals surface area contributed by atoms with E-state index in [4.69, 9.17) is 4.74 Å². The molecule has 0 amide bonds. The van der Waals surface area contributed by atoms with Gasteiger partial charge in [0.15, 0.2) is 5.82 Å². The van der Waals surface area contributed by atoms with Crippen molar-refractivity contribution < 1.29 is 4.74 Å². The van der Waals surface area contributed by atoms with Crippen LogP contribution in [0.25, 0.3) is 5.82 Å². The lowest BCUT2D eigenvalue weighted by Gasteiger charge is -2.28. The van der Waals surface area contributed by atoms with Gasteiger partial charge in [0, 0.05) is 38.1 Å². The molecule has 1 aromatic carbocycles. The summed E-state index contributed by atoms with van der Waals surface area (Å²) in [7, 11) is 0. The molecule has 0 saturated carbocycles. The van der Waals surface area contributed by atoms with Gasteiger partial charge in [0.05, 0.1) is 13.2 Å². The number of ether oxygens (including phenoxy) is 1. The first-order valence-corrected chi connectivity index (χ1v) is 8.81. The van der Waals surface area contributed by atoms with Crippen molar-refractivity contribution in [3.05, 3.63) is 66.4 Å². The molecule has 27 heavy (non-hydrogen) atoms. The highest BCUT2D eigenvalue weighted by atomic mass is 35.5. The van der Waals surface area contributed by atoms with E-state index in [-0.39, 0.29) is 12.4 Å². The number of hydrogen-bond acceptors (Lipinski definition) is 6. The zero-order valence-electron chi connectivity index (χ0n) is 15.0. The molecule has 0 bridgehead atoms. The SMILES string of the molecule is Cl.c1ncn(-c2ccc(CNCc3ccc(N4CCOCC4)cc3)cn2)n1. The van der Waals surface area contributed by atoms with Crippen molar-refractivity contribution in [2.24, 2.45) is 0 Å². The number of nitrogens with zero attached hydrogens (tertiary/aromatic N) is 5. The first kappa shape index (κ1) is 19.3. The second kappa shape index (κ2) is 9.45. The molecule has 0 atom stereocenters. The second-order valence-corrected chi connectivity index (χ2v) is 6.23. The van der Waals surface area contributed by atoms with Crippen LogP contribution >= 0.6 is 12.4 Å². The number of pyridine rings is 1. The Morgan fingerprint density at radius 3 is 2.37 bits per heavy atom. The average Bonchev–Trinajstić information content (AvgIpc) is 3.25. The zero-order chi connectivity index (χ0) is 17.6. The fourth-order valence-corrected chi connectivity index (χ4v) is 2.98. The largest absolute Gasteiger partial charge is 0.378 e. The normalized spacial score (nSPS) is 14.0. The Morgan fingerprint density at radius 2 is 1.70 bits per heavy atom. The van der Waals surface area contributed by atoms with Crippen molar-refractivity contribution in [3.8, 4) is 5.82 Å². The van der Waals surface area contributed by atoms with Gasteiger partial charge in [-0.2, -0.15) is 5.10 Å². The maximum Gasteiger partial charge on any atom is 0.155 e.